The van der Waals surface area contributed by atoms with Crippen LogP contribution in [-0.4, -0.2) is 16.8 Å². The largest absolute Gasteiger partial charge is 0.351 e. The van der Waals surface area contributed by atoms with Crippen LogP contribution in [0.4, 0.5) is 4.79 Å². The molecular weight excluding hydrogens is 142 g/mol. The molecule has 2 heterocycles. The topological polar surface area (TPSA) is 60.4 Å². The van der Waals surface area contributed by atoms with Crippen molar-refractivity contribution in [2.75, 3.05) is 0 Å². The van der Waals surface area contributed by atoms with Gasteiger partial charge in [0.05, 0.1) is 6.54 Å². The average Bonchev–Trinajstić information content (AvgIpc) is 2.40. The lowest BCUT2D eigenvalue weighted by molar-refractivity contribution is 0.250. The first kappa shape index (κ1) is 6.15. The molecule has 0 aromatic carbocycles. The predicted molar refractivity (Wildman–Crippen MR) is 40.7 cm³/mol. The molecule has 0 radical (unpaired) electrons. The van der Waals surface area contributed by atoms with E-state index < -0.39 is 6.03 Å². The minimum Gasteiger partial charge on any atom is -0.351 e. The molecular formula is C7H7N3O. The summed E-state index contributed by atoms with van der Waals surface area (Å²) in [6.45, 7) is 0.662. The third-order valence-corrected chi connectivity index (χ3v) is 1.69. The van der Waals surface area contributed by atoms with Crippen LogP contribution >= 0.6 is 0 Å². The van der Waals surface area contributed by atoms with Crippen molar-refractivity contribution in [2.24, 2.45) is 10.7 Å². The highest BCUT2D eigenvalue weighted by atomic mass is 16.2. The molecule has 11 heavy (non-hydrogen) atoms. The Labute approximate surface area is 63.3 Å². The van der Waals surface area contributed by atoms with Crippen LogP contribution in [0.2, 0.25) is 0 Å². The Morgan fingerprint density at radius 3 is 3.09 bits per heavy atom. The Balaban J connectivity index is 2.49. The number of amides is 1. The third kappa shape index (κ3) is 0.832. The van der Waals surface area contributed by atoms with E-state index in [4.69, 9.17) is 5.73 Å². The Hall–Kier alpha value is -1.58. The number of nitrogens with two attached hydrogens (primary N) is 1. The third-order valence-electron chi connectivity index (χ3n) is 1.69. The van der Waals surface area contributed by atoms with Crippen molar-refractivity contribution in [1.82, 2.24) is 4.57 Å². The zero-order chi connectivity index (χ0) is 7.84. The molecule has 0 aliphatic carbocycles. The summed E-state index contributed by atoms with van der Waals surface area (Å²) in [4.78, 5) is 14.7. The molecule has 4 heteroatoms. The van der Waals surface area contributed by atoms with Gasteiger partial charge in [0, 0.05) is 29.7 Å². The Kier molecular flexibility index (Phi) is 1.09. The van der Waals surface area contributed by atoms with E-state index in [1.807, 2.05) is 0 Å². The summed E-state index contributed by atoms with van der Waals surface area (Å²) in [5.74, 6) is 0. The second-order valence-electron chi connectivity index (χ2n) is 2.45. The van der Waals surface area contributed by atoms with Crippen LogP contribution in [0.5, 0.6) is 0 Å². The van der Waals surface area contributed by atoms with Gasteiger partial charge >= 0.3 is 6.03 Å². The van der Waals surface area contributed by atoms with Crippen LogP contribution in [0.25, 0.3) is 0 Å². The van der Waals surface area contributed by atoms with Crippen LogP contribution in [0.15, 0.2) is 17.4 Å². The van der Waals surface area contributed by atoms with Gasteiger partial charge in [0.15, 0.2) is 0 Å². The minimum atomic E-state index is -0.451. The maximum Gasteiger partial charge on any atom is 0.322 e. The summed E-state index contributed by atoms with van der Waals surface area (Å²) in [6, 6.07) is -0.451. The molecule has 4 nitrogen and oxygen atoms in total. The highest BCUT2D eigenvalue weighted by Gasteiger charge is 2.10. The van der Waals surface area contributed by atoms with Crippen molar-refractivity contribution < 1.29 is 4.79 Å². The van der Waals surface area contributed by atoms with E-state index in [9.17, 15) is 4.79 Å². The molecule has 0 atom stereocenters. The molecule has 1 aromatic rings. The van der Waals surface area contributed by atoms with Gasteiger partial charge in [-0.05, 0) is 0 Å². The summed E-state index contributed by atoms with van der Waals surface area (Å²) < 4.78 is 1.37. The van der Waals surface area contributed by atoms with Crippen molar-refractivity contribution in [2.45, 2.75) is 6.54 Å². The van der Waals surface area contributed by atoms with E-state index in [0.29, 0.717) is 6.54 Å². The number of hydrogen-bond donors (Lipinski definition) is 1. The summed E-state index contributed by atoms with van der Waals surface area (Å²) in [7, 11) is 0. The highest BCUT2D eigenvalue weighted by Crippen LogP contribution is 2.14. The smallest absolute Gasteiger partial charge is 0.322 e. The zero-order valence-corrected chi connectivity index (χ0v) is 5.82. The lowest BCUT2D eigenvalue weighted by Gasteiger charge is -1.91. The van der Waals surface area contributed by atoms with E-state index in [1.54, 1.807) is 18.6 Å². The summed E-state index contributed by atoms with van der Waals surface area (Å²) in [5, 5.41) is 0. The van der Waals surface area contributed by atoms with Crippen LogP contribution in [-0.2, 0) is 6.54 Å². The van der Waals surface area contributed by atoms with Gasteiger partial charge in [0.1, 0.15) is 0 Å². The molecule has 2 rings (SSSR count). The fourth-order valence-electron chi connectivity index (χ4n) is 1.13. The second-order valence-corrected chi connectivity index (χ2v) is 2.45. The molecule has 1 amide bonds. The number of nitrogens with zero attached hydrogens (tertiary/aromatic N) is 2. The molecule has 0 saturated carbocycles. The van der Waals surface area contributed by atoms with Gasteiger partial charge in [-0.25, -0.2) is 4.79 Å². The molecule has 0 bridgehead atoms. The van der Waals surface area contributed by atoms with E-state index >= 15 is 0 Å². The quantitative estimate of drug-likeness (QED) is 0.568. The average molecular weight is 149 g/mol. The number of aliphatic imine (C=N–C) groups is 1. The van der Waals surface area contributed by atoms with Crippen molar-refractivity contribution in [3.8, 4) is 0 Å². The van der Waals surface area contributed by atoms with Gasteiger partial charge in [-0.15, -0.1) is 0 Å². The van der Waals surface area contributed by atoms with Gasteiger partial charge in [0.2, 0.25) is 0 Å². The molecule has 0 spiro atoms. The monoisotopic (exact) mass is 149 g/mol. The molecule has 0 saturated heterocycles. The highest BCUT2D eigenvalue weighted by molar-refractivity contribution is 5.86. The fraction of sp³-hybridized carbons (Fsp3) is 0.143. The fourth-order valence-corrected chi connectivity index (χ4v) is 1.13. The Morgan fingerprint density at radius 2 is 2.45 bits per heavy atom. The SMILES string of the molecule is NC(=O)n1cc2c(c1)CN=C2. The van der Waals surface area contributed by atoms with E-state index in [1.165, 1.54) is 4.57 Å². The maximum absolute atomic E-state index is 10.6. The number of primary amides is 1. The number of rotatable bonds is 0. The maximum atomic E-state index is 10.6. The zero-order valence-electron chi connectivity index (χ0n) is 5.82. The van der Waals surface area contributed by atoms with E-state index in [0.717, 1.165) is 11.1 Å². The van der Waals surface area contributed by atoms with Crippen LogP contribution in [0.1, 0.15) is 11.1 Å². The minimum absolute atomic E-state index is 0.451. The number of aromatic nitrogens is 1. The second kappa shape index (κ2) is 1.95. The van der Waals surface area contributed by atoms with Gasteiger partial charge in [0.25, 0.3) is 0 Å². The van der Waals surface area contributed by atoms with E-state index in [2.05, 4.69) is 4.99 Å². The summed E-state index contributed by atoms with van der Waals surface area (Å²) in [6.07, 6.45) is 5.15. The standard InChI is InChI=1S/C7H7N3O/c8-7(11)10-3-5-1-9-2-6(5)4-10/h1,3-4H,2H2,(H2,8,11). The molecule has 1 aliphatic rings. The van der Waals surface area contributed by atoms with Crippen LogP contribution < -0.4 is 5.73 Å². The lowest BCUT2D eigenvalue weighted by Crippen LogP contribution is -2.17. The first-order valence-electron chi connectivity index (χ1n) is 3.28. The summed E-state index contributed by atoms with van der Waals surface area (Å²) in [5.41, 5.74) is 7.10. The molecule has 1 aromatic heterocycles. The van der Waals surface area contributed by atoms with Crippen molar-refractivity contribution >= 4 is 12.2 Å². The Morgan fingerprint density at radius 1 is 1.64 bits per heavy atom. The molecule has 0 fully saturated rings. The Bertz CT molecular complexity index is 337. The molecule has 1 aliphatic heterocycles. The number of carbonyl (C=O) groups excluding carboxylic acids is 1. The predicted octanol–water partition coefficient (Wildman–Crippen LogP) is 0.347. The lowest BCUT2D eigenvalue weighted by atomic mass is 10.2. The van der Waals surface area contributed by atoms with Crippen molar-refractivity contribution in [3.05, 3.63) is 23.5 Å². The number of hydrogen-bond acceptors (Lipinski definition) is 2. The van der Waals surface area contributed by atoms with E-state index in [-0.39, 0.29) is 0 Å². The molecule has 0 unspecified atom stereocenters. The van der Waals surface area contributed by atoms with Gasteiger partial charge < -0.3 is 5.73 Å². The van der Waals surface area contributed by atoms with Crippen molar-refractivity contribution in [1.29, 1.82) is 0 Å². The normalized spacial score (nSPS) is 13.5. The molecule has 56 valence electrons. The van der Waals surface area contributed by atoms with Crippen molar-refractivity contribution in [3.63, 3.8) is 0 Å². The number of fused-ring (bicyclic) bond motifs is 1. The van der Waals surface area contributed by atoms with Crippen LogP contribution in [0, 0.1) is 0 Å². The van der Waals surface area contributed by atoms with Crippen LogP contribution in [0.3, 0.4) is 0 Å². The van der Waals surface area contributed by atoms with Gasteiger partial charge in [-0.3, -0.25) is 9.56 Å². The molecule has 2 N–H and O–H groups in total. The first-order chi connectivity index (χ1) is 5.27. The number of carbonyl (C=O) groups is 1. The summed E-state index contributed by atoms with van der Waals surface area (Å²) >= 11 is 0. The van der Waals surface area contributed by atoms with Gasteiger partial charge in [-0.2, -0.15) is 0 Å². The first-order valence-corrected chi connectivity index (χ1v) is 3.28. The van der Waals surface area contributed by atoms with Gasteiger partial charge in [-0.1, -0.05) is 0 Å².